The first kappa shape index (κ1) is 37.2. The van der Waals surface area contributed by atoms with Crippen LogP contribution < -0.4 is 9.80 Å². The number of benzene rings is 9. The molecular weight excluding hydrogens is 817 g/mol. The van der Waals surface area contributed by atoms with Gasteiger partial charge in [-0.3, -0.25) is 0 Å². The van der Waals surface area contributed by atoms with Gasteiger partial charge in [-0.15, -0.1) is 22.7 Å². The topological polar surface area (TPSA) is 16.3 Å². The van der Waals surface area contributed by atoms with Gasteiger partial charge in [-0.05, 0) is 107 Å². The molecule has 6 heteroatoms. The molecular formula is C58H42N4S2. The number of anilines is 6. The molecule has 4 heterocycles. The van der Waals surface area contributed by atoms with Gasteiger partial charge in [0.25, 0.3) is 0 Å². The predicted molar refractivity (Wildman–Crippen MR) is 279 cm³/mol. The Morgan fingerprint density at radius 1 is 0.344 bits per heavy atom. The summed E-state index contributed by atoms with van der Waals surface area (Å²) >= 11 is 3.80. The molecule has 0 N–H and O–H groups in total. The zero-order valence-corrected chi connectivity index (χ0v) is 37.1. The van der Waals surface area contributed by atoms with Crippen LogP contribution in [0.5, 0.6) is 0 Å². The first-order valence-corrected chi connectivity index (χ1v) is 23.8. The smallest absolute Gasteiger partial charge is 0.103 e. The van der Waals surface area contributed by atoms with Crippen molar-refractivity contribution >= 4 is 141 Å². The maximum Gasteiger partial charge on any atom is 0.103 e. The number of aromatic nitrogens is 2. The van der Waals surface area contributed by atoms with E-state index in [0.29, 0.717) is 0 Å². The maximum absolute atomic E-state index is 2.53. The lowest BCUT2D eigenvalue weighted by Crippen LogP contribution is -2.09. The molecule has 0 unspecified atom stereocenters. The zero-order chi connectivity index (χ0) is 42.5. The lowest BCUT2D eigenvalue weighted by Gasteiger charge is -2.26. The van der Waals surface area contributed by atoms with Crippen molar-refractivity contribution in [2.75, 3.05) is 9.80 Å². The third-order valence-electron chi connectivity index (χ3n) is 13.2. The van der Waals surface area contributed by atoms with E-state index in [9.17, 15) is 0 Å². The molecule has 0 aliphatic carbocycles. The van der Waals surface area contributed by atoms with Crippen LogP contribution in [0.1, 0.15) is 13.8 Å². The number of hydrogen-bond donors (Lipinski definition) is 0. The zero-order valence-electron chi connectivity index (χ0n) is 35.5. The van der Waals surface area contributed by atoms with Crippen molar-refractivity contribution in [3.63, 3.8) is 0 Å². The molecule has 0 amide bonds. The van der Waals surface area contributed by atoms with Gasteiger partial charge in [0, 0.05) is 46.0 Å². The van der Waals surface area contributed by atoms with E-state index in [4.69, 9.17) is 0 Å². The lowest BCUT2D eigenvalue weighted by molar-refractivity contribution is 0.825. The summed E-state index contributed by atoms with van der Waals surface area (Å²) < 4.78 is 7.72. The average molecular weight is 859 g/mol. The first-order valence-electron chi connectivity index (χ1n) is 22.2. The second-order valence-corrected chi connectivity index (χ2v) is 18.7. The molecule has 0 radical (unpaired) electrons. The van der Waals surface area contributed by atoms with Crippen LogP contribution in [-0.4, -0.2) is 9.13 Å². The highest BCUT2D eigenvalue weighted by molar-refractivity contribution is 7.24. The monoisotopic (exact) mass is 858 g/mol. The van der Waals surface area contributed by atoms with E-state index < -0.39 is 0 Å². The molecule has 0 fully saturated rings. The van der Waals surface area contributed by atoms with Crippen molar-refractivity contribution in [2.24, 2.45) is 0 Å². The molecule has 0 spiro atoms. The number of nitrogens with zero attached hydrogens (tertiary/aromatic N) is 4. The van der Waals surface area contributed by atoms with Gasteiger partial charge in [0.2, 0.25) is 0 Å². The second kappa shape index (κ2) is 14.6. The van der Waals surface area contributed by atoms with Crippen molar-refractivity contribution in [1.29, 1.82) is 0 Å². The number of aryl methyl sites for hydroxylation is 2. The fraction of sp³-hybridized carbons (Fsp3) is 0.0690. The molecule has 4 nitrogen and oxygen atoms in total. The molecule has 4 aromatic heterocycles. The summed E-state index contributed by atoms with van der Waals surface area (Å²) in [4.78, 5) is 4.96. The van der Waals surface area contributed by atoms with Crippen LogP contribution in [0.15, 0.2) is 194 Å². The van der Waals surface area contributed by atoms with E-state index >= 15 is 0 Å². The molecule has 0 aliphatic rings. The van der Waals surface area contributed by atoms with Crippen molar-refractivity contribution in [1.82, 2.24) is 9.13 Å². The number of hydrogen-bond acceptors (Lipinski definition) is 4. The van der Waals surface area contributed by atoms with E-state index in [2.05, 4.69) is 227 Å². The van der Waals surface area contributed by atoms with E-state index in [1.54, 1.807) is 0 Å². The largest absolute Gasteiger partial charge is 0.340 e. The summed E-state index contributed by atoms with van der Waals surface area (Å²) in [6.07, 6.45) is 0. The highest BCUT2D eigenvalue weighted by atomic mass is 32.1. The Labute approximate surface area is 378 Å². The van der Waals surface area contributed by atoms with Crippen LogP contribution in [0.3, 0.4) is 0 Å². The van der Waals surface area contributed by atoms with Gasteiger partial charge in [0.1, 0.15) is 10.0 Å². The van der Waals surface area contributed by atoms with Crippen molar-refractivity contribution in [3.05, 3.63) is 194 Å². The quantitative estimate of drug-likeness (QED) is 0.142. The van der Waals surface area contributed by atoms with Gasteiger partial charge in [0.15, 0.2) is 0 Å². The Bertz CT molecular complexity index is 3690. The standard InChI is InChI=1S/C58H42N4S2/c1-3-59-49-33-48-50(34-47(49)57-53(59)35-55(63-57)61(39-21-7-5-8-22-39)51-31-37-19-11-13-25-41(37)43-27-15-17-29-45(43)51)60(4-2)54-36-56(64-58(48)54)62(40-23-9-6-10-24-40)52-32-38-20-12-14-26-42(38)44-28-16-18-30-46(44)52/h5-36H,3-4H2,1-2H3. The van der Waals surface area contributed by atoms with Gasteiger partial charge in [-0.2, -0.15) is 0 Å². The summed E-state index contributed by atoms with van der Waals surface area (Å²) in [5.41, 5.74) is 9.82. The van der Waals surface area contributed by atoms with Gasteiger partial charge in [-0.1, -0.05) is 133 Å². The van der Waals surface area contributed by atoms with Crippen LogP contribution in [-0.2, 0) is 13.1 Å². The third-order valence-corrected chi connectivity index (χ3v) is 15.5. The third kappa shape index (κ3) is 5.52. The molecule has 64 heavy (non-hydrogen) atoms. The van der Waals surface area contributed by atoms with Crippen LogP contribution in [0.4, 0.5) is 32.8 Å². The Hall–Kier alpha value is -7.38. The first-order chi connectivity index (χ1) is 31.7. The minimum atomic E-state index is 0.871. The van der Waals surface area contributed by atoms with Crippen LogP contribution in [0, 0.1) is 0 Å². The highest BCUT2D eigenvalue weighted by Gasteiger charge is 2.26. The number of para-hydroxylation sites is 2. The van der Waals surface area contributed by atoms with Crippen LogP contribution in [0.2, 0.25) is 0 Å². The summed E-state index contributed by atoms with van der Waals surface area (Å²) in [7, 11) is 0. The molecule has 13 rings (SSSR count). The van der Waals surface area contributed by atoms with Crippen molar-refractivity contribution < 1.29 is 0 Å². The number of rotatable bonds is 8. The minimum Gasteiger partial charge on any atom is -0.340 e. The molecule has 0 saturated carbocycles. The number of thiophene rings is 2. The fourth-order valence-electron chi connectivity index (χ4n) is 10.4. The SMILES string of the molecule is CCn1c2cc3c4sc(N(c5ccccc5)c5cc6ccccc6c6ccccc56)cc4n(CC)c3cc2c2sc(N(c3ccccc3)c3cc4ccccc4c4ccccc34)cc21. The molecule has 13 aromatic rings. The summed E-state index contributed by atoms with van der Waals surface area (Å²) in [5, 5.41) is 15.1. The molecule has 0 atom stereocenters. The van der Waals surface area contributed by atoms with E-state index in [1.165, 1.54) is 107 Å². The predicted octanol–water partition coefficient (Wildman–Crippen LogP) is 17.6. The van der Waals surface area contributed by atoms with Crippen molar-refractivity contribution in [3.8, 4) is 0 Å². The van der Waals surface area contributed by atoms with Gasteiger partial charge in [0.05, 0.1) is 42.8 Å². The average Bonchev–Trinajstić information content (AvgIpc) is 4.11. The summed E-state index contributed by atoms with van der Waals surface area (Å²) in [6.45, 7) is 6.31. The Morgan fingerprint density at radius 3 is 1.11 bits per heavy atom. The Morgan fingerprint density at radius 2 is 0.703 bits per heavy atom. The molecule has 306 valence electrons. The minimum absolute atomic E-state index is 0.871. The Kier molecular flexibility index (Phi) is 8.48. The van der Waals surface area contributed by atoms with E-state index in [-0.39, 0.29) is 0 Å². The maximum atomic E-state index is 2.53. The summed E-state index contributed by atoms with van der Waals surface area (Å²) in [6, 6.07) is 71.6. The molecule has 0 bridgehead atoms. The van der Waals surface area contributed by atoms with Gasteiger partial charge >= 0.3 is 0 Å². The van der Waals surface area contributed by atoms with Gasteiger partial charge in [-0.25, -0.2) is 0 Å². The Balaban J connectivity index is 1.01. The van der Waals surface area contributed by atoms with Gasteiger partial charge < -0.3 is 18.9 Å². The van der Waals surface area contributed by atoms with Crippen LogP contribution >= 0.6 is 22.7 Å². The molecule has 0 saturated heterocycles. The number of fused-ring (bicyclic) bond motifs is 12. The van der Waals surface area contributed by atoms with Crippen molar-refractivity contribution in [2.45, 2.75) is 26.9 Å². The molecule has 0 aliphatic heterocycles. The van der Waals surface area contributed by atoms with Crippen LogP contribution in [0.25, 0.3) is 85.3 Å². The second-order valence-electron chi connectivity index (χ2n) is 16.6. The fourth-order valence-corrected chi connectivity index (χ4v) is 12.9. The van der Waals surface area contributed by atoms with E-state index in [1.807, 2.05) is 22.7 Å². The highest BCUT2D eigenvalue weighted by Crippen LogP contribution is 2.51. The lowest BCUT2D eigenvalue weighted by atomic mass is 9.99. The van der Waals surface area contributed by atoms with E-state index in [0.717, 1.165) is 24.5 Å². The molecule has 9 aromatic carbocycles. The summed E-state index contributed by atoms with van der Waals surface area (Å²) in [5.74, 6) is 0. The normalized spacial score (nSPS) is 12.0.